The molecule has 38 heavy (non-hydrogen) atoms. The minimum atomic E-state index is -4.80. The van der Waals surface area contributed by atoms with Gasteiger partial charge < -0.3 is 24.3 Å². The second kappa shape index (κ2) is 12.9. The van der Waals surface area contributed by atoms with E-state index in [4.69, 9.17) is 16.3 Å². The summed E-state index contributed by atoms with van der Waals surface area (Å²) in [4.78, 5) is 31.4. The third-order valence-electron chi connectivity index (χ3n) is 5.11. The molecule has 1 heterocycles. The molecule has 0 bridgehead atoms. The monoisotopic (exact) mass is 570 g/mol. The second-order valence-electron chi connectivity index (χ2n) is 8.33. The molecule has 2 aromatic carbocycles. The number of nitrogens with one attached hydrogen (secondary N) is 1. The van der Waals surface area contributed by atoms with Crippen molar-refractivity contribution in [1.82, 2.24) is 14.8 Å². The first kappa shape index (κ1) is 29.2. The fraction of sp³-hybridized carbons (Fsp3) is 0.320. The second-order valence-corrected chi connectivity index (χ2v) is 9.60. The van der Waals surface area contributed by atoms with Crippen LogP contribution in [-0.2, 0) is 11.3 Å². The van der Waals surface area contributed by atoms with Gasteiger partial charge in [0.15, 0.2) is 4.80 Å². The van der Waals surface area contributed by atoms with E-state index in [1.807, 2.05) is 0 Å². The SMILES string of the molecule is COc1cc(Cl)ccc1C(=O)N=c1scc(-c2ccc(OC(F)(F)F)cc2)n1CCCNC(=O)CN(C)C. The van der Waals surface area contributed by atoms with Gasteiger partial charge >= 0.3 is 6.36 Å². The summed E-state index contributed by atoms with van der Waals surface area (Å²) in [6.45, 7) is 1.01. The van der Waals surface area contributed by atoms with Crippen LogP contribution in [0.4, 0.5) is 13.2 Å². The summed E-state index contributed by atoms with van der Waals surface area (Å²) in [7, 11) is 5.00. The maximum atomic E-state index is 13.0. The Bertz CT molecular complexity index is 1340. The van der Waals surface area contributed by atoms with Crippen LogP contribution in [0.1, 0.15) is 16.8 Å². The minimum Gasteiger partial charge on any atom is -0.496 e. The van der Waals surface area contributed by atoms with Crippen molar-refractivity contribution in [3.8, 4) is 22.8 Å². The van der Waals surface area contributed by atoms with Crippen LogP contribution in [0.15, 0.2) is 52.8 Å². The lowest BCUT2D eigenvalue weighted by molar-refractivity contribution is -0.274. The Balaban J connectivity index is 1.92. The highest BCUT2D eigenvalue weighted by Gasteiger charge is 2.31. The predicted molar refractivity (Wildman–Crippen MR) is 139 cm³/mol. The summed E-state index contributed by atoms with van der Waals surface area (Å²) in [5, 5.41) is 4.99. The number of ether oxygens (including phenoxy) is 2. The predicted octanol–water partition coefficient (Wildman–Crippen LogP) is 4.59. The van der Waals surface area contributed by atoms with Crippen LogP contribution in [-0.4, -0.2) is 61.9 Å². The number of carbonyl (C=O) groups is 2. The van der Waals surface area contributed by atoms with Gasteiger partial charge in [-0.3, -0.25) is 9.59 Å². The van der Waals surface area contributed by atoms with Gasteiger partial charge in [0.05, 0.1) is 24.9 Å². The van der Waals surface area contributed by atoms with Gasteiger partial charge in [-0.25, -0.2) is 0 Å². The largest absolute Gasteiger partial charge is 0.573 e. The number of likely N-dealkylation sites (N-methyl/N-ethyl adjacent to an activating group) is 1. The average molecular weight is 571 g/mol. The molecule has 3 rings (SSSR count). The Kier molecular flexibility index (Phi) is 9.95. The van der Waals surface area contributed by atoms with Crippen LogP contribution in [0.25, 0.3) is 11.3 Å². The summed E-state index contributed by atoms with van der Waals surface area (Å²) in [6, 6.07) is 10.0. The maximum absolute atomic E-state index is 13.0. The fourth-order valence-corrected chi connectivity index (χ4v) is 4.58. The zero-order valence-corrected chi connectivity index (χ0v) is 22.4. The van der Waals surface area contributed by atoms with Crippen molar-refractivity contribution in [2.75, 3.05) is 34.3 Å². The smallest absolute Gasteiger partial charge is 0.496 e. The highest BCUT2D eigenvalue weighted by Crippen LogP contribution is 2.27. The lowest BCUT2D eigenvalue weighted by atomic mass is 10.1. The topological polar surface area (TPSA) is 85.2 Å². The van der Waals surface area contributed by atoms with Crippen molar-refractivity contribution in [2.24, 2.45) is 4.99 Å². The molecule has 0 saturated heterocycles. The number of benzene rings is 2. The quantitative estimate of drug-likeness (QED) is 0.361. The van der Waals surface area contributed by atoms with Crippen LogP contribution >= 0.6 is 22.9 Å². The first-order valence-corrected chi connectivity index (χ1v) is 12.6. The van der Waals surface area contributed by atoms with Crippen molar-refractivity contribution in [3.05, 3.63) is 63.2 Å². The van der Waals surface area contributed by atoms with Crippen molar-refractivity contribution in [1.29, 1.82) is 0 Å². The molecule has 0 fully saturated rings. The van der Waals surface area contributed by atoms with Crippen LogP contribution < -0.4 is 19.6 Å². The number of hydrogen-bond donors (Lipinski definition) is 1. The molecule has 0 spiro atoms. The molecule has 204 valence electrons. The summed E-state index contributed by atoms with van der Waals surface area (Å²) >= 11 is 7.20. The van der Waals surface area contributed by atoms with Gasteiger partial charge in [-0.05, 0) is 68.5 Å². The molecule has 8 nitrogen and oxygen atoms in total. The Labute approximate surface area is 226 Å². The van der Waals surface area contributed by atoms with Crippen molar-refractivity contribution in [2.45, 2.75) is 19.3 Å². The van der Waals surface area contributed by atoms with Crippen molar-refractivity contribution >= 4 is 34.8 Å². The van der Waals surface area contributed by atoms with E-state index in [1.54, 1.807) is 35.0 Å². The fourth-order valence-electron chi connectivity index (χ4n) is 3.49. The highest BCUT2D eigenvalue weighted by atomic mass is 35.5. The maximum Gasteiger partial charge on any atom is 0.573 e. The summed E-state index contributed by atoms with van der Waals surface area (Å²) < 4.78 is 48.7. The molecule has 0 atom stereocenters. The zero-order chi connectivity index (χ0) is 27.9. The Morgan fingerprint density at radius 3 is 2.50 bits per heavy atom. The van der Waals surface area contributed by atoms with Crippen LogP contribution in [0.3, 0.4) is 0 Å². The van der Waals surface area contributed by atoms with Gasteiger partial charge in [0.25, 0.3) is 5.91 Å². The van der Waals surface area contributed by atoms with E-state index >= 15 is 0 Å². The molecule has 1 N–H and O–H groups in total. The number of thiazole rings is 1. The van der Waals surface area contributed by atoms with Gasteiger partial charge in [0, 0.05) is 23.5 Å². The summed E-state index contributed by atoms with van der Waals surface area (Å²) in [5.41, 5.74) is 1.47. The molecule has 0 aliphatic carbocycles. The van der Waals surface area contributed by atoms with E-state index in [9.17, 15) is 22.8 Å². The standard InChI is InChI=1S/C25H26ClF3N4O4S/c1-32(2)14-22(34)30-11-4-12-33-20(16-5-8-18(9-6-16)37-25(27,28)29)15-38-24(33)31-23(35)19-10-7-17(26)13-21(19)36-3/h5-10,13,15H,4,11-12,14H2,1-3H3,(H,30,34). The first-order valence-electron chi connectivity index (χ1n) is 11.4. The van der Waals surface area contributed by atoms with E-state index in [2.05, 4.69) is 15.0 Å². The van der Waals surface area contributed by atoms with Crippen LogP contribution in [0.2, 0.25) is 5.02 Å². The molecule has 0 aliphatic heterocycles. The highest BCUT2D eigenvalue weighted by molar-refractivity contribution is 7.07. The third kappa shape index (κ3) is 8.33. The Hall–Kier alpha value is -3.35. The van der Waals surface area contributed by atoms with Gasteiger partial charge in [-0.15, -0.1) is 24.5 Å². The molecule has 2 amide bonds. The number of methoxy groups -OCH3 is 1. The molecular weight excluding hydrogens is 545 g/mol. The van der Waals surface area contributed by atoms with E-state index in [-0.39, 0.29) is 29.5 Å². The number of nitrogens with zero attached hydrogens (tertiary/aromatic N) is 3. The van der Waals surface area contributed by atoms with Crippen LogP contribution in [0.5, 0.6) is 11.5 Å². The van der Waals surface area contributed by atoms with Crippen molar-refractivity contribution < 1.29 is 32.2 Å². The van der Waals surface area contributed by atoms with Gasteiger partial charge in [0.1, 0.15) is 11.5 Å². The summed E-state index contributed by atoms with van der Waals surface area (Å²) in [5.74, 6) is -0.741. The number of carbonyl (C=O) groups excluding carboxylic acids is 2. The molecule has 0 radical (unpaired) electrons. The normalized spacial score (nSPS) is 12.1. The number of rotatable bonds is 10. The van der Waals surface area contributed by atoms with E-state index in [1.165, 1.54) is 54.8 Å². The number of amides is 2. The molecule has 0 saturated carbocycles. The third-order valence-corrected chi connectivity index (χ3v) is 6.21. The van der Waals surface area contributed by atoms with Gasteiger partial charge in [0.2, 0.25) is 5.91 Å². The molecule has 1 aromatic heterocycles. The van der Waals surface area contributed by atoms with E-state index in [0.29, 0.717) is 40.6 Å². The molecule has 13 heteroatoms. The lowest BCUT2D eigenvalue weighted by Gasteiger charge is -2.13. The number of aromatic nitrogens is 1. The first-order chi connectivity index (χ1) is 18.0. The van der Waals surface area contributed by atoms with Gasteiger partial charge in [-0.2, -0.15) is 4.99 Å². The minimum absolute atomic E-state index is 0.124. The molecular formula is C25H26ClF3N4O4S. The number of hydrogen-bond acceptors (Lipinski definition) is 6. The Morgan fingerprint density at radius 2 is 1.87 bits per heavy atom. The number of halogens is 4. The average Bonchev–Trinajstić information content (AvgIpc) is 3.22. The molecule has 3 aromatic rings. The van der Waals surface area contributed by atoms with Gasteiger partial charge in [-0.1, -0.05) is 11.6 Å². The van der Waals surface area contributed by atoms with E-state index in [0.717, 1.165) is 0 Å². The van der Waals surface area contributed by atoms with Crippen molar-refractivity contribution in [3.63, 3.8) is 0 Å². The number of alkyl halides is 3. The molecule has 0 aliphatic rings. The molecule has 0 unspecified atom stereocenters. The van der Waals surface area contributed by atoms with E-state index < -0.39 is 12.3 Å². The Morgan fingerprint density at radius 1 is 1.16 bits per heavy atom. The summed E-state index contributed by atoms with van der Waals surface area (Å²) in [6.07, 6.45) is -4.28. The zero-order valence-electron chi connectivity index (χ0n) is 20.8. The van der Waals surface area contributed by atoms with Crippen LogP contribution in [0, 0.1) is 0 Å². The lowest BCUT2D eigenvalue weighted by Crippen LogP contribution is -2.34.